The molecule has 82 valence electrons. The zero-order chi connectivity index (χ0) is 11.1. The summed E-state index contributed by atoms with van der Waals surface area (Å²) in [5.74, 6) is 1.71. The SMILES string of the molecule is Cc1ccc(OCCSCC(N)=O)cc1. The number of primary amides is 1. The summed E-state index contributed by atoms with van der Waals surface area (Å²) < 4.78 is 5.47. The van der Waals surface area contributed by atoms with E-state index in [0.717, 1.165) is 11.5 Å². The van der Waals surface area contributed by atoms with Crippen molar-refractivity contribution in [2.45, 2.75) is 6.92 Å². The van der Waals surface area contributed by atoms with Gasteiger partial charge in [0.25, 0.3) is 0 Å². The highest BCUT2D eigenvalue weighted by Gasteiger charge is 1.96. The third-order valence-electron chi connectivity index (χ3n) is 1.76. The smallest absolute Gasteiger partial charge is 0.227 e. The van der Waals surface area contributed by atoms with Crippen LogP contribution >= 0.6 is 11.8 Å². The summed E-state index contributed by atoms with van der Waals surface area (Å²) in [4.78, 5) is 10.4. The Morgan fingerprint density at radius 1 is 1.40 bits per heavy atom. The molecule has 0 radical (unpaired) electrons. The number of aryl methyl sites for hydroxylation is 1. The van der Waals surface area contributed by atoms with Crippen molar-refractivity contribution in [2.75, 3.05) is 18.1 Å². The summed E-state index contributed by atoms with van der Waals surface area (Å²) in [6.07, 6.45) is 0. The Kier molecular flexibility index (Phi) is 5.04. The standard InChI is InChI=1S/C11H15NO2S/c1-9-2-4-10(5-3-9)14-6-7-15-8-11(12)13/h2-5H,6-8H2,1H3,(H2,12,13). The van der Waals surface area contributed by atoms with E-state index in [1.54, 1.807) is 0 Å². The highest BCUT2D eigenvalue weighted by Crippen LogP contribution is 2.11. The highest BCUT2D eigenvalue weighted by atomic mass is 32.2. The molecule has 0 saturated heterocycles. The number of amides is 1. The van der Waals surface area contributed by atoms with Gasteiger partial charge in [0.2, 0.25) is 5.91 Å². The molecule has 3 nitrogen and oxygen atoms in total. The van der Waals surface area contributed by atoms with Crippen molar-refractivity contribution in [3.8, 4) is 5.75 Å². The maximum Gasteiger partial charge on any atom is 0.227 e. The van der Waals surface area contributed by atoms with Crippen LogP contribution in [0.3, 0.4) is 0 Å². The minimum Gasteiger partial charge on any atom is -0.493 e. The van der Waals surface area contributed by atoms with Crippen LogP contribution in [0.2, 0.25) is 0 Å². The number of rotatable bonds is 6. The van der Waals surface area contributed by atoms with Crippen LogP contribution in [0, 0.1) is 6.92 Å². The molecular formula is C11H15NO2S. The molecule has 0 atom stereocenters. The number of carbonyl (C=O) groups excluding carboxylic acids is 1. The second kappa shape index (κ2) is 6.35. The maximum atomic E-state index is 10.4. The minimum atomic E-state index is -0.282. The van der Waals surface area contributed by atoms with Gasteiger partial charge in [-0.2, -0.15) is 0 Å². The van der Waals surface area contributed by atoms with Crippen LogP contribution in [0.4, 0.5) is 0 Å². The van der Waals surface area contributed by atoms with E-state index in [1.165, 1.54) is 17.3 Å². The van der Waals surface area contributed by atoms with Gasteiger partial charge >= 0.3 is 0 Å². The second-order valence-electron chi connectivity index (χ2n) is 3.18. The van der Waals surface area contributed by atoms with Crippen molar-refractivity contribution in [2.24, 2.45) is 5.73 Å². The molecule has 0 fully saturated rings. The van der Waals surface area contributed by atoms with Crippen LogP contribution in [0.25, 0.3) is 0 Å². The fourth-order valence-corrected chi connectivity index (χ4v) is 1.57. The fraction of sp³-hybridized carbons (Fsp3) is 0.364. The first kappa shape index (κ1) is 11.9. The average molecular weight is 225 g/mol. The van der Waals surface area contributed by atoms with Gasteiger partial charge in [-0.1, -0.05) is 17.7 Å². The van der Waals surface area contributed by atoms with Crippen molar-refractivity contribution < 1.29 is 9.53 Å². The number of ether oxygens (including phenoxy) is 1. The van der Waals surface area contributed by atoms with Gasteiger partial charge in [-0.3, -0.25) is 4.79 Å². The van der Waals surface area contributed by atoms with E-state index in [2.05, 4.69) is 0 Å². The number of benzene rings is 1. The van der Waals surface area contributed by atoms with Gasteiger partial charge in [-0.25, -0.2) is 0 Å². The van der Waals surface area contributed by atoms with Gasteiger partial charge in [-0.05, 0) is 19.1 Å². The molecule has 0 aliphatic heterocycles. The van der Waals surface area contributed by atoms with Gasteiger partial charge in [-0.15, -0.1) is 11.8 Å². The number of hydrogen-bond acceptors (Lipinski definition) is 3. The molecule has 0 spiro atoms. The van der Waals surface area contributed by atoms with Gasteiger partial charge in [0, 0.05) is 5.75 Å². The summed E-state index contributed by atoms with van der Waals surface area (Å²) in [6.45, 7) is 2.63. The Morgan fingerprint density at radius 3 is 2.67 bits per heavy atom. The lowest BCUT2D eigenvalue weighted by molar-refractivity contribution is -0.115. The zero-order valence-electron chi connectivity index (χ0n) is 8.73. The van der Waals surface area contributed by atoms with Crippen LogP contribution in [0.15, 0.2) is 24.3 Å². The van der Waals surface area contributed by atoms with Crippen LogP contribution in [-0.4, -0.2) is 24.0 Å². The topological polar surface area (TPSA) is 52.3 Å². The minimum absolute atomic E-state index is 0.282. The summed E-state index contributed by atoms with van der Waals surface area (Å²) in [6, 6.07) is 7.89. The van der Waals surface area contributed by atoms with Gasteiger partial charge in [0.15, 0.2) is 0 Å². The third kappa shape index (κ3) is 5.32. The first-order valence-electron chi connectivity index (χ1n) is 4.74. The molecule has 1 aromatic carbocycles. The van der Waals surface area contributed by atoms with Crippen LogP contribution in [-0.2, 0) is 4.79 Å². The molecular weight excluding hydrogens is 210 g/mol. The summed E-state index contributed by atoms with van der Waals surface area (Å²) in [5, 5.41) is 0. The predicted octanol–water partition coefficient (Wildman–Crippen LogP) is 1.59. The third-order valence-corrected chi connectivity index (χ3v) is 2.71. The van der Waals surface area contributed by atoms with Gasteiger partial charge in [0.1, 0.15) is 5.75 Å². The largest absolute Gasteiger partial charge is 0.493 e. The lowest BCUT2D eigenvalue weighted by Crippen LogP contribution is -2.14. The normalized spacial score (nSPS) is 9.93. The fourth-order valence-electron chi connectivity index (χ4n) is 1.03. The zero-order valence-corrected chi connectivity index (χ0v) is 9.55. The van der Waals surface area contributed by atoms with E-state index in [4.69, 9.17) is 10.5 Å². The number of carbonyl (C=O) groups is 1. The molecule has 2 N–H and O–H groups in total. The first-order valence-corrected chi connectivity index (χ1v) is 5.89. The first-order chi connectivity index (χ1) is 7.18. The molecule has 0 aliphatic rings. The van der Waals surface area contributed by atoms with Gasteiger partial charge in [0.05, 0.1) is 12.4 Å². The van der Waals surface area contributed by atoms with E-state index in [0.29, 0.717) is 12.4 Å². The van der Waals surface area contributed by atoms with E-state index >= 15 is 0 Å². The Bertz CT molecular complexity index is 311. The van der Waals surface area contributed by atoms with E-state index in [1.807, 2.05) is 31.2 Å². The summed E-state index contributed by atoms with van der Waals surface area (Å²) >= 11 is 1.48. The maximum absolute atomic E-state index is 10.4. The van der Waals surface area contributed by atoms with Crippen LogP contribution < -0.4 is 10.5 Å². The lowest BCUT2D eigenvalue weighted by Gasteiger charge is -2.05. The summed E-state index contributed by atoms with van der Waals surface area (Å²) in [5.41, 5.74) is 6.22. The number of hydrogen-bond donors (Lipinski definition) is 1. The molecule has 0 bridgehead atoms. The van der Waals surface area contributed by atoms with Crippen LogP contribution in [0.5, 0.6) is 5.75 Å². The molecule has 15 heavy (non-hydrogen) atoms. The number of thioether (sulfide) groups is 1. The van der Waals surface area contributed by atoms with E-state index in [-0.39, 0.29) is 5.91 Å². The van der Waals surface area contributed by atoms with E-state index in [9.17, 15) is 4.79 Å². The molecule has 1 rings (SSSR count). The molecule has 0 saturated carbocycles. The molecule has 4 heteroatoms. The van der Waals surface area contributed by atoms with E-state index < -0.39 is 0 Å². The van der Waals surface area contributed by atoms with Crippen molar-refractivity contribution >= 4 is 17.7 Å². The molecule has 0 unspecified atom stereocenters. The Morgan fingerprint density at radius 2 is 2.07 bits per heavy atom. The molecule has 0 aromatic heterocycles. The quantitative estimate of drug-likeness (QED) is 0.748. The Hall–Kier alpha value is -1.16. The molecule has 1 amide bonds. The van der Waals surface area contributed by atoms with Crippen LogP contribution in [0.1, 0.15) is 5.56 Å². The van der Waals surface area contributed by atoms with Crippen molar-refractivity contribution in [3.05, 3.63) is 29.8 Å². The lowest BCUT2D eigenvalue weighted by atomic mass is 10.2. The molecule has 0 aliphatic carbocycles. The average Bonchev–Trinajstić information content (AvgIpc) is 2.20. The van der Waals surface area contributed by atoms with Crippen molar-refractivity contribution in [1.29, 1.82) is 0 Å². The molecule has 1 aromatic rings. The van der Waals surface area contributed by atoms with Crippen molar-refractivity contribution in [1.82, 2.24) is 0 Å². The van der Waals surface area contributed by atoms with Gasteiger partial charge < -0.3 is 10.5 Å². The van der Waals surface area contributed by atoms with Crippen molar-refractivity contribution in [3.63, 3.8) is 0 Å². The highest BCUT2D eigenvalue weighted by molar-refractivity contribution is 7.99. The predicted molar refractivity (Wildman–Crippen MR) is 63.2 cm³/mol. The Balaban J connectivity index is 2.15. The molecule has 0 heterocycles. The second-order valence-corrected chi connectivity index (χ2v) is 4.29. The number of nitrogens with two attached hydrogens (primary N) is 1. The Labute approximate surface area is 94.0 Å². The monoisotopic (exact) mass is 225 g/mol. The summed E-state index contributed by atoms with van der Waals surface area (Å²) in [7, 11) is 0.